The van der Waals surface area contributed by atoms with Crippen molar-refractivity contribution in [1.82, 2.24) is 4.90 Å². The van der Waals surface area contributed by atoms with E-state index in [-0.39, 0.29) is 19.0 Å². The van der Waals surface area contributed by atoms with E-state index in [1.54, 1.807) is 26.8 Å². The van der Waals surface area contributed by atoms with E-state index < -0.39 is 40.2 Å². The molecule has 3 unspecified atom stereocenters. The van der Waals surface area contributed by atoms with Gasteiger partial charge in [0, 0.05) is 11.0 Å². The number of ether oxygens (including phenoxy) is 1. The number of nitro groups is 1. The Labute approximate surface area is 156 Å². The van der Waals surface area contributed by atoms with E-state index in [9.17, 15) is 23.7 Å². The van der Waals surface area contributed by atoms with Crippen LogP contribution in [-0.2, 0) is 4.74 Å². The van der Waals surface area contributed by atoms with Gasteiger partial charge >= 0.3 is 6.09 Å². The van der Waals surface area contributed by atoms with Crippen LogP contribution >= 0.6 is 0 Å². The van der Waals surface area contributed by atoms with Crippen molar-refractivity contribution >= 4 is 6.09 Å². The van der Waals surface area contributed by atoms with E-state index in [1.165, 1.54) is 11.0 Å². The van der Waals surface area contributed by atoms with E-state index in [2.05, 4.69) is 6.58 Å². The van der Waals surface area contributed by atoms with E-state index in [0.717, 1.165) is 12.1 Å². The smallest absolute Gasteiger partial charge is 0.410 e. The minimum absolute atomic E-state index is 0.177. The van der Waals surface area contributed by atoms with Crippen LogP contribution in [-0.4, -0.2) is 40.1 Å². The second kappa shape index (κ2) is 8.02. The van der Waals surface area contributed by atoms with Crippen molar-refractivity contribution in [3.8, 4) is 0 Å². The summed E-state index contributed by atoms with van der Waals surface area (Å²) in [6, 6.07) is 1.78. The molecule has 0 N–H and O–H groups in total. The molecule has 1 heterocycles. The van der Waals surface area contributed by atoms with Gasteiger partial charge in [-0.05, 0) is 51.3 Å². The van der Waals surface area contributed by atoms with Gasteiger partial charge in [0.1, 0.15) is 5.60 Å². The first kappa shape index (κ1) is 20.8. The average Bonchev–Trinajstić information content (AvgIpc) is 2.55. The minimum Gasteiger partial charge on any atom is -0.444 e. The van der Waals surface area contributed by atoms with Gasteiger partial charge in [0.15, 0.2) is 11.6 Å². The lowest BCUT2D eigenvalue weighted by atomic mass is 9.81. The van der Waals surface area contributed by atoms with Gasteiger partial charge in [-0.1, -0.05) is 12.1 Å². The summed E-state index contributed by atoms with van der Waals surface area (Å²) in [7, 11) is 0. The van der Waals surface area contributed by atoms with Crippen LogP contribution in [0.15, 0.2) is 30.9 Å². The van der Waals surface area contributed by atoms with Crippen LogP contribution in [0, 0.1) is 21.7 Å². The number of rotatable bonds is 4. The van der Waals surface area contributed by atoms with Gasteiger partial charge in [0.2, 0.25) is 6.04 Å². The number of hydrogen-bond donors (Lipinski definition) is 0. The van der Waals surface area contributed by atoms with Gasteiger partial charge in [-0.2, -0.15) is 0 Å². The predicted octanol–water partition coefficient (Wildman–Crippen LogP) is 4.28. The maximum Gasteiger partial charge on any atom is 0.410 e. The van der Waals surface area contributed by atoms with Crippen LogP contribution < -0.4 is 0 Å². The summed E-state index contributed by atoms with van der Waals surface area (Å²) in [4.78, 5) is 25.1. The number of piperidine rings is 1. The van der Waals surface area contributed by atoms with Gasteiger partial charge in [-0.25, -0.2) is 13.6 Å². The molecule has 1 aromatic rings. The first-order valence-electron chi connectivity index (χ1n) is 8.72. The van der Waals surface area contributed by atoms with Crippen molar-refractivity contribution < 1.29 is 23.2 Å². The summed E-state index contributed by atoms with van der Waals surface area (Å²) in [5.74, 6) is -2.71. The van der Waals surface area contributed by atoms with E-state index in [0.29, 0.717) is 12.0 Å². The van der Waals surface area contributed by atoms with Gasteiger partial charge < -0.3 is 4.74 Å². The Kier molecular flexibility index (Phi) is 6.18. The third kappa shape index (κ3) is 5.02. The normalized spacial score (nSPS) is 23.0. The maximum atomic E-state index is 13.7. The molecule has 27 heavy (non-hydrogen) atoms. The third-order valence-electron chi connectivity index (χ3n) is 4.52. The quantitative estimate of drug-likeness (QED) is 0.443. The number of likely N-dealkylation sites (tertiary alicyclic amines) is 1. The number of nitrogens with zero attached hydrogens (tertiary/aromatic N) is 2. The molecule has 148 valence electrons. The zero-order valence-corrected chi connectivity index (χ0v) is 15.7. The Bertz CT molecular complexity index is 733. The molecular formula is C19H24F2N2O4. The number of carbonyl (C=O) groups excluding carboxylic acids is 1. The molecule has 3 atom stereocenters. The molecule has 1 saturated heterocycles. The third-order valence-corrected chi connectivity index (χ3v) is 4.52. The van der Waals surface area contributed by atoms with Crippen molar-refractivity contribution in [3.05, 3.63) is 58.2 Å². The maximum absolute atomic E-state index is 13.7. The summed E-state index contributed by atoms with van der Waals surface area (Å²) in [6.07, 6.45) is 1.62. The van der Waals surface area contributed by atoms with Crippen molar-refractivity contribution in [2.24, 2.45) is 0 Å². The number of amides is 1. The fourth-order valence-corrected chi connectivity index (χ4v) is 3.33. The lowest BCUT2D eigenvalue weighted by molar-refractivity contribution is -0.530. The lowest BCUT2D eigenvalue weighted by Gasteiger charge is -2.40. The van der Waals surface area contributed by atoms with Crippen LogP contribution in [0.1, 0.15) is 45.1 Å². The van der Waals surface area contributed by atoms with E-state index in [4.69, 9.17) is 4.74 Å². The van der Waals surface area contributed by atoms with Crippen molar-refractivity contribution in [2.45, 2.75) is 57.2 Å². The van der Waals surface area contributed by atoms with Gasteiger partial charge in [-0.3, -0.25) is 15.0 Å². The molecule has 1 amide bonds. The molecule has 0 radical (unpaired) electrons. The second-order valence-corrected chi connectivity index (χ2v) is 7.68. The number of carbonyl (C=O) groups is 1. The minimum atomic E-state index is -1.15. The fourth-order valence-electron chi connectivity index (χ4n) is 3.33. The highest BCUT2D eigenvalue weighted by molar-refractivity contribution is 5.69. The summed E-state index contributed by atoms with van der Waals surface area (Å²) < 4.78 is 32.3. The van der Waals surface area contributed by atoms with Gasteiger partial charge in [-0.15, -0.1) is 6.58 Å². The molecule has 0 aliphatic carbocycles. The molecule has 1 aliphatic heterocycles. The van der Waals surface area contributed by atoms with Crippen LogP contribution in [0.3, 0.4) is 0 Å². The summed E-state index contributed by atoms with van der Waals surface area (Å²) in [6.45, 7) is 8.65. The molecule has 8 heteroatoms. The fraction of sp³-hybridized carbons (Fsp3) is 0.526. The van der Waals surface area contributed by atoms with E-state index >= 15 is 0 Å². The summed E-state index contributed by atoms with van der Waals surface area (Å²) >= 11 is 0. The largest absolute Gasteiger partial charge is 0.444 e. The highest BCUT2D eigenvalue weighted by Gasteiger charge is 2.45. The zero-order chi connectivity index (χ0) is 20.4. The van der Waals surface area contributed by atoms with Crippen molar-refractivity contribution in [2.75, 3.05) is 6.54 Å². The average molecular weight is 382 g/mol. The summed E-state index contributed by atoms with van der Waals surface area (Å²) in [5.41, 5.74) is -0.398. The van der Waals surface area contributed by atoms with E-state index in [1.807, 2.05) is 0 Å². The monoisotopic (exact) mass is 382 g/mol. The van der Waals surface area contributed by atoms with Crippen LogP contribution in [0.5, 0.6) is 0 Å². The molecule has 0 spiro atoms. The molecule has 1 aliphatic rings. The Morgan fingerprint density at radius 2 is 2.07 bits per heavy atom. The van der Waals surface area contributed by atoms with Crippen molar-refractivity contribution in [3.63, 3.8) is 0 Å². The molecule has 0 bridgehead atoms. The molecule has 6 nitrogen and oxygen atoms in total. The molecule has 1 fully saturated rings. The van der Waals surface area contributed by atoms with Gasteiger partial charge in [0.25, 0.3) is 0 Å². The van der Waals surface area contributed by atoms with Gasteiger partial charge in [0.05, 0.1) is 12.5 Å². The first-order valence-corrected chi connectivity index (χ1v) is 8.72. The molecule has 0 aromatic heterocycles. The number of halogens is 2. The second-order valence-electron chi connectivity index (χ2n) is 7.68. The zero-order valence-electron chi connectivity index (χ0n) is 15.7. The topological polar surface area (TPSA) is 72.7 Å². The highest BCUT2D eigenvalue weighted by Crippen LogP contribution is 2.36. The molecular weight excluding hydrogens is 358 g/mol. The van der Waals surface area contributed by atoms with Crippen molar-refractivity contribution in [1.29, 1.82) is 0 Å². The predicted molar refractivity (Wildman–Crippen MR) is 96.0 cm³/mol. The molecule has 1 aromatic carbocycles. The Morgan fingerprint density at radius 1 is 1.41 bits per heavy atom. The SMILES string of the molecule is C=CCC1CC(c2ccc(F)c(F)c2)C([N+](=O)[O-])CN1C(=O)OC(C)(C)C. The number of benzene rings is 1. The standard InChI is InChI=1S/C19H24F2N2O4/c1-5-6-13-10-14(12-7-8-15(20)16(21)9-12)17(23(25)26)11-22(13)18(24)27-19(2,3)4/h5,7-9,13-14,17H,1,6,10-11H2,2-4H3. The van der Waals surface area contributed by atoms with Crippen LogP contribution in [0.2, 0.25) is 0 Å². The molecule has 2 rings (SSSR count). The molecule has 0 saturated carbocycles. The first-order chi connectivity index (χ1) is 12.5. The van der Waals surface area contributed by atoms with Crippen LogP contribution in [0.25, 0.3) is 0 Å². The van der Waals surface area contributed by atoms with Crippen LogP contribution in [0.4, 0.5) is 13.6 Å². The summed E-state index contributed by atoms with van der Waals surface area (Å²) in [5, 5.41) is 11.6. The Morgan fingerprint density at radius 3 is 2.59 bits per heavy atom. The Balaban J connectivity index is 2.35. The highest BCUT2D eigenvalue weighted by atomic mass is 19.2. The Hall–Kier alpha value is -2.51. The number of hydrogen-bond acceptors (Lipinski definition) is 4. The lowest BCUT2D eigenvalue weighted by Crippen LogP contribution is -2.54.